The Bertz CT molecular complexity index is 606. The van der Waals surface area contributed by atoms with E-state index in [4.69, 9.17) is 5.73 Å². The zero-order chi connectivity index (χ0) is 10.3. The van der Waals surface area contributed by atoms with E-state index in [-0.39, 0.29) is 0 Å². The van der Waals surface area contributed by atoms with Crippen molar-refractivity contribution in [3.63, 3.8) is 0 Å². The summed E-state index contributed by atoms with van der Waals surface area (Å²) in [4.78, 5) is 3.20. The number of fused-ring (bicyclic) bond motifs is 1. The number of hydrogen-bond acceptors (Lipinski definition) is 2. The van der Waals surface area contributed by atoms with Gasteiger partial charge < -0.3 is 10.7 Å². The summed E-state index contributed by atoms with van der Waals surface area (Å²) in [5.74, 6) is 0. The summed E-state index contributed by atoms with van der Waals surface area (Å²) in [7, 11) is 0. The predicted octanol–water partition coefficient (Wildman–Crippen LogP) is 2.14. The molecule has 0 aliphatic rings. The van der Waals surface area contributed by atoms with Crippen LogP contribution in [0.15, 0.2) is 36.7 Å². The molecule has 4 nitrogen and oxygen atoms in total. The minimum absolute atomic E-state index is 0.664. The van der Waals surface area contributed by atoms with Gasteiger partial charge in [0.2, 0.25) is 0 Å². The minimum atomic E-state index is 0.664. The van der Waals surface area contributed by atoms with Crippen molar-refractivity contribution in [2.45, 2.75) is 0 Å². The number of nitrogens with zero attached hydrogens (tertiary/aromatic N) is 1. The van der Waals surface area contributed by atoms with Crippen LogP contribution < -0.4 is 5.73 Å². The second-order valence-electron chi connectivity index (χ2n) is 3.45. The minimum Gasteiger partial charge on any atom is -0.396 e. The Morgan fingerprint density at radius 3 is 2.93 bits per heavy atom. The van der Waals surface area contributed by atoms with Crippen LogP contribution in [0.5, 0.6) is 0 Å². The Balaban J connectivity index is 2.36. The van der Waals surface area contributed by atoms with Crippen LogP contribution in [0.4, 0.5) is 5.69 Å². The molecule has 0 fully saturated rings. The number of nitrogen functional groups attached to an aromatic ring is 1. The normalized spacial score (nSPS) is 10.9. The van der Waals surface area contributed by atoms with Crippen molar-refractivity contribution < 1.29 is 0 Å². The lowest BCUT2D eigenvalue weighted by molar-refractivity contribution is 1.10. The molecule has 0 saturated heterocycles. The van der Waals surface area contributed by atoms with Gasteiger partial charge >= 0.3 is 0 Å². The molecule has 74 valence electrons. The maximum Gasteiger partial charge on any atom is 0.0901 e. The van der Waals surface area contributed by atoms with Gasteiger partial charge in [-0.15, -0.1) is 0 Å². The zero-order valence-corrected chi connectivity index (χ0v) is 7.99. The number of nitrogens with one attached hydrogen (secondary N) is 2. The Hall–Kier alpha value is -2.23. The summed E-state index contributed by atoms with van der Waals surface area (Å²) in [6.45, 7) is 0. The maximum absolute atomic E-state index is 5.82. The number of H-pyrrole nitrogens is 2. The third kappa shape index (κ3) is 1.11. The molecule has 0 bridgehead atoms. The number of anilines is 1. The Kier molecular flexibility index (Phi) is 1.56. The Labute approximate surface area is 86.1 Å². The fourth-order valence-electron chi connectivity index (χ4n) is 1.80. The molecule has 0 saturated carbocycles. The monoisotopic (exact) mass is 198 g/mol. The summed E-state index contributed by atoms with van der Waals surface area (Å²) >= 11 is 0. The van der Waals surface area contributed by atoms with Crippen molar-refractivity contribution >= 4 is 16.6 Å². The lowest BCUT2D eigenvalue weighted by atomic mass is 10.1. The zero-order valence-electron chi connectivity index (χ0n) is 7.99. The van der Waals surface area contributed by atoms with Crippen LogP contribution in [0.2, 0.25) is 0 Å². The molecule has 0 atom stereocenters. The summed E-state index contributed by atoms with van der Waals surface area (Å²) < 4.78 is 0. The quantitative estimate of drug-likeness (QED) is 0.560. The van der Waals surface area contributed by atoms with Gasteiger partial charge in [0, 0.05) is 17.1 Å². The van der Waals surface area contributed by atoms with Crippen LogP contribution in [0, 0.1) is 0 Å². The molecule has 2 heterocycles. The van der Waals surface area contributed by atoms with Crippen molar-refractivity contribution in [3.05, 3.63) is 36.7 Å². The number of aromatic amines is 2. The number of para-hydroxylation sites is 1. The molecule has 3 aromatic rings. The first-order valence-corrected chi connectivity index (χ1v) is 4.71. The molecule has 0 spiro atoms. The first-order chi connectivity index (χ1) is 7.36. The highest BCUT2D eigenvalue weighted by molar-refractivity contribution is 5.95. The molecule has 3 rings (SSSR count). The smallest absolute Gasteiger partial charge is 0.0901 e. The molecule has 2 aromatic heterocycles. The second kappa shape index (κ2) is 2.88. The largest absolute Gasteiger partial charge is 0.396 e. The van der Waals surface area contributed by atoms with E-state index in [9.17, 15) is 0 Å². The van der Waals surface area contributed by atoms with Gasteiger partial charge in [-0.3, -0.25) is 5.10 Å². The number of rotatable bonds is 1. The van der Waals surface area contributed by atoms with Gasteiger partial charge in [0.1, 0.15) is 0 Å². The van der Waals surface area contributed by atoms with Gasteiger partial charge in [-0.05, 0) is 6.07 Å². The van der Waals surface area contributed by atoms with E-state index in [1.54, 1.807) is 6.20 Å². The van der Waals surface area contributed by atoms with E-state index in [2.05, 4.69) is 21.2 Å². The molecule has 4 heteroatoms. The highest BCUT2D eigenvalue weighted by Crippen LogP contribution is 2.29. The fraction of sp³-hybridized carbons (Fsp3) is 0. The number of hydrogen-bond donors (Lipinski definition) is 3. The third-order valence-electron chi connectivity index (χ3n) is 2.53. The highest BCUT2D eigenvalue weighted by Gasteiger charge is 2.08. The van der Waals surface area contributed by atoms with Gasteiger partial charge in [-0.1, -0.05) is 18.2 Å². The van der Waals surface area contributed by atoms with Crippen LogP contribution in [-0.4, -0.2) is 15.2 Å². The van der Waals surface area contributed by atoms with Gasteiger partial charge in [-0.25, -0.2) is 0 Å². The average Bonchev–Trinajstić information content (AvgIpc) is 2.85. The second-order valence-corrected chi connectivity index (χ2v) is 3.45. The van der Waals surface area contributed by atoms with Crippen molar-refractivity contribution in [1.29, 1.82) is 0 Å². The van der Waals surface area contributed by atoms with Crippen molar-refractivity contribution in [3.8, 4) is 11.3 Å². The van der Waals surface area contributed by atoms with Crippen LogP contribution >= 0.6 is 0 Å². The summed E-state index contributed by atoms with van der Waals surface area (Å²) in [6, 6.07) is 8.11. The van der Waals surface area contributed by atoms with E-state index < -0.39 is 0 Å². The van der Waals surface area contributed by atoms with Gasteiger partial charge in [0.05, 0.1) is 23.1 Å². The maximum atomic E-state index is 5.82. The first-order valence-electron chi connectivity index (χ1n) is 4.71. The van der Waals surface area contributed by atoms with E-state index in [1.165, 1.54) is 5.39 Å². The Morgan fingerprint density at radius 2 is 2.13 bits per heavy atom. The van der Waals surface area contributed by atoms with Crippen molar-refractivity contribution in [1.82, 2.24) is 15.2 Å². The number of nitrogens with two attached hydrogens (primary N) is 1. The van der Waals surface area contributed by atoms with Gasteiger partial charge in [0.25, 0.3) is 0 Å². The molecular formula is C11H10N4. The molecule has 4 N–H and O–H groups in total. The van der Waals surface area contributed by atoms with Crippen LogP contribution in [0.3, 0.4) is 0 Å². The number of benzene rings is 1. The average molecular weight is 198 g/mol. The van der Waals surface area contributed by atoms with E-state index in [0.717, 1.165) is 16.8 Å². The van der Waals surface area contributed by atoms with E-state index >= 15 is 0 Å². The van der Waals surface area contributed by atoms with Crippen LogP contribution in [0.25, 0.3) is 22.2 Å². The number of aromatic nitrogens is 3. The standard InChI is InChI=1S/C11H10N4/c12-9-6-14-15-11(9)8-3-1-2-7-4-5-13-10(7)8/h1-6,13H,12H2,(H,14,15). The molecule has 0 aliphatic heterocycles. The van der Waals surface area contributed by atoms with Crippen LogP contribution in [0.1, 0.15) is 0 Å². The third-order valence-corrected chi connectivity index (χ3v) is 2.53. The summed E-state index contributed by atoms with van der Waals surface area (Å²) in [5.41, 5.74) is 9.48. The van der Waals surface area contributed by atoms with Gasteiger partial charge in [-0.2, -0.15) is 5.10 Å². The molecule has 1 aromatic carbocycles. The predicted molar refractivity (Wildman–Crippen MR) is 60.3 cm³/mol. The fourth-order valence-corrected chi connectivity index (χ4v) is 1.80. The molecule has 15 heavy (non-hydrogen) atoms. The van der Waals surface area contributed by atoms with E-state index in [0.29, 0.717) is 5.69 Å². The highest BCUT2D eigenvalue weighted by atomic mass is 15.1. The van der Waals surface area contributed by atoms with E-state index in [1.807, 2.05) is 24.4 Å². The van der Waals surface area contributed by atoms with Crippen molar-refractivity contribution in [2.75, 3.05) is 5.73 Å². The lowest BCUT2D eigenvalue weighted by Crippen LogP contribution is -1.87. The topological polar surface area (TPSA) is 70.5 Å². The van der Waals surface area contributed by atoms with Crippen LogP contribution in [-0.2, 0) is 0 Å². The summed E-state index contributed by atoms with van der Waals surface area (Å²) in [5, 5.41) is 8.00. The lowest BCUT2D eigenvalue weighted by Gasteiger charge is -2.01. The SMILES string of the molecule is Nc1cn[nH]c1-c1cccc2cc[nH]c12. The molecule has 0 aliphatic carbocycles. The summed E-state index contributed by atoms with van der Waals surface area (Å²) in [6.07, 6.45) is 3.54. The Morgan fingerprint density at radius 1 is 1.20 bits per heavy atom. The van der Waals surface area contributed by atoms with Gasteiger partial charge in [0.15, 0.2) is 0 Å². The first kappa shape index (κ1) is 8.11. The molecule has 0 radical (unpaired) electrons. The molecule has 0 unspecified atom stereocenters. The van der Waals surface area contributed by atoms with Crippen molar-refractivity contribution in [2.24, 2.45) is 0 Å². The molecule has 0 amide bonds. The molecular weight excluding hydrogens is 188 g/mol.